The standard InChI is InChI=1S/C29H35N3O2/c33-27(31-20-18-30(19-21-31)17-9-12-24-10-3-1-4-11-24)22-29(15-7-2-8-16-29)32-23-25-13-5-6-14-26(25)28(32)34/h1,3-6,9-14H,2,7-8,15-23H2/b12-9+. The number of nitrogens with zero attached hydrogens (tertiary/aromatic N) is 3. The molecule has 2 fully saturated rings. The summed E-state index contributed by atoms with van der Waals surface area (Å²) in [6.07, 6.45) is 10.1. The van der Waals surface area contributed by atoms with Crippen LogP contribution in [0.1, 0.15) is 60.0 Å². The largest absolute Gasteiger partial charge is 0.340 e. The summed E-state index contributed by atoms with van der Waals surface area (Å²) in [5, 5.41) is 0. The molecular weight excluding hydrogens is 422 g/mol. The minimum atomic E-state index is -0.332. The number of carbonyl (C=O) groups excluding carboxylic acids is 2. The van der Waals surface area contributed by atoms with Gasteiger partial charge in [-0.1, -0.05) is 79.9 Å². The number of amides is 2. The Kier molecular flexibility index (Phi) is 6.82. The van der Waals surface area contributed by atoms with Crippen LogP contribution in [0.2, 0.25) is 0 Å². The van der Waals surface area contributed by atoms with Gasteiger partial charge in [0.05, 0.1) is 12.0 Å². The first-order valence-electron chi connectivity index (χ1n) is 12.8. The van der Waals surface area contributed by atoms with Crippen molar-refractivity contribution in [2.24, 2.45) is 0 Å². The molecule has 0 atom stereocenters. The van der Waals surface area contributed by atoms with Crippen LogP contribution < -0.4 is 0 Å². The fourth-order valence-electron chi connectivity index (χ4n) is 5.86. The van der Waals surface area contributed by atoms with E-state index in [1.165, 1.54) is 12.0 Å². The van der Waals surface area contributed by atoms with Gasteiger partial charge in [-0.15, -0.1) is 0 Å². The molecule has 5 rings (SSSR count). The number of carbonyl (C=O) groups is 2. The lowest BCUT2D eigenvalue weighted by Gasteiger charge is -2.45. The number of hydrogen-bond acceptors (Lipinski definition) is 3. The van der Waals surface area contributed by atoms with Crippen molar-refractivity contribution in [3.63, 3.8) is 0 Å². The van der Waals surface area contributed by atoms with E-state index in [0.29, 0.717) is 13.0 Å². The first-order chi connectivity index (χ1) is 16.6. The molecule has 2 amide bonds. The van der Waals surface area contributed by atoms with Crippen LogP contribution in [0.4, 0.5) is 0 Å². The quantitative estimate of drug-likeness (QED) is 0.637. The van der Waals surface area contributed by atoms with E-state index in [1.54, 1.807) is 0 Å². The summed E-state index contributed by atoms with van der Waals surface area (Å²) in [4.78, 5) is 33.2. The SMILES string of the molecule is O=C(CC1(N2Cc3ccccc3C2=O)CCCCC1)N1CCN(C/C=C/c2ccccc2)CC1. The summed E-state index contributed by atoms with van der Waals surface area (Å²) in [5.41, 5.74) is 2.80. The number of rotatable bonds is 6. The van der Waals surface area contributed by atoms with Crippen molar-refractivity contribution in [1.29, 1.82) is 0 Å². The first-order valence-corrected chi connectivity index (χ1v) is 12.8. The van der Waals surface area contributed by atoms with Gasteiger partial charge in [0.2, 0.25) is 5.91 Å². The maximum Gasteiger partial charge on any atom is 0.254 e. The average Bonchev–Trinajstić information content (AvgIpc) is 3.23. The maximum absolute atomic E-state index is 13.5. The predicted octanol–water partition coefficient (Wildman–Crippen LogP) is 4.59. The minimum Gasteiger partial charge on any atom is -0.340 e. The molecule has 5 heteroatoms. The topological polar surface area (TPSA) is 43.9 Å². The lowest BCUT2D eigenvalue weighted by atomic mass is 9.77. The number of benzene rings is 2. The highest BCUT2D eigenvalue weighted by atomic mass is 16.2. The van der Waals surface area contributed by atoms with Gasteiger partial charge in [0, 0.05) is 44.8 Å². The van der Waals surface area contributed by atoms with E-state index in [4.69, 9.17) is 0 Å². The Hall–Kier alpha value is -2.92. The second-order valence-corrected chi connectivity index (χ2v) is 10.0. The third-order valence-electron chi connectivity index (χ3n) is 7.86. The van der Waals surface area contributed by atoms with E-state index < -0.39 is 0 Å². The Morgan fingerprint density at radius 3 is 2.32 bits per heavy atom. The van der Waals surface area contributed by atoms with Gasteiger partial charge in [-0.05, 0) is 30.0 Å². The molecule has 5 nitrogen and oxygen atoms in total. The summed E-state index contributed by atoms with van der Waals surface area (Å²) in [6, 6.07) is 18.3. The third-order valence-corrected chi connectivity index (χ3v) is 7.86. The molecule has 1 saturated carbocycles. The Morgan fingerprint density at radius 1 is 0.882 bits per heavy atom. The van der Waals surface area contributed by atoms with Crippen molar-refractivity contribution in [2.45, 2.75) is 50.6 Å². The molecule has 3 aliphatic rings. The van der Waals surface area contributed by atoms with Crippen molar-refractivity contribution in [2.75, 3.05) is 32.7 Å². The van der Waals surface area contributed by atoms with E-state index in [-0.39, 0.29) is 17.4 Å². The van der Waals surface area contributed by atoms with Crippen molar-refractivity contribution >= 4 is 17.9 Å². The lowest BCUT2D eigenvalue weighted by molar-refractivity contribution is -0.136. The summed E-state index contributed by atoms with van der Waals surface area (Å²) >= 11 is 0. The molecule has 2 aromatic rings. The smallest absolute Gasteiger partial charge is 0.254 e. The summed E-state index contributed by atoms with van der Waals surface area (Å²) < 4.78 is 0. The molecule has 0 spiro atoms. The first kappa shape index (κ1) is 22.9. The van der Waals surface area contributed by atoms with Gasteiger partial charge in [-0.25, -0.2) is 0 Å². The van der Waals surface area contributed by atoms with Crippen molar-refractivity contribution in [3.8, 4) is 0 Å². The molecule has 0 N–H and O–H groups in total. The van der Waals surface area contributed by atoms with Crippen LogP contribution in [0, 0.1) is 0 Å². The van der Waals surface area contributed by atoms with E-state index >= 15 is 0 Å². The van der Waals surface area contributed by atoms with Crippen LogP contribution >= 0.6 is 0 Å². The molecule has 2 heterocycles. The van der Waals surface area contributed by atoms with Gasteiger partial charge in [0.1, 0.15) is 0 Å². The van der Waals surface area contributed by atoms with Gasteiger partial charge in [0.25, 0.3) is 5.91 Å². The summed E-state index contributed by atoms with van der Waals surface area (Å²) in [7, 11) is 0. The molecule has 0 bridgehead atoms. The molecular formula is C29H35N3O2. The van der Waals surface area contributed by atoms with Crippen LogP contribution in [0.5, 0.6) is 0 Å². The zero-order valence-corrected chi connectivity index (χ0v) is 20.0. The monoisotopic (exact) mass is 457 g/mol. The van der Waals surface area contributed by atoms with Crippen LogP contribution in [-0.2, 0) is 11.3 Å². The second kappa shape index (κ2) is 10.1. The van der Waals surface area contributed by atoms with Crippen molar-refractivity contribution in [1.82, 2.24) is 14.7 Å². The fraction of sp³-hybridized carbons (Fsp3) is 0.448. The third kappa shape index (κ3) is 4.80. The Morgan fingerprint density at radius 2 is 1.59 bits per heavy atom. The molecule has 0 radical (unpaired) electrons. The van der Waals surface area contributed by atoms with Gasteiger partial charge in [-0.3, -0.25) is 14.5 Å². The van der Waals surface area contributed by atoms with E-state index in [0.717, 1.165) is 69.5 Å². The van der Waals surface area contributed by atoms with Gasteiger partial charge in [-0.2, -0.15) is 0 Å². The molecule has 178 valence electrons. The minimum absolute atomic E-state index is 0.111. The lowest BCUT2D eigenvalue weighted by Crippen LogP contribution is -2.55. The normalized spacial score (nSPS) is 20.6. The van der Waals surface area contributed by atoms with E-state index in [1.807, 2.05) is 34.1 Å². The van der Waals surface area contributed by atoms with Crippen molar-refractivity contribution in [3.05, 3.63) is 77.4 Å². The number of hydrogen-bond donors (Lipinski definition) is 0. The molecule has 0 aromatic heterocycles. The van der Waals surface area contributed by atoms with Crippen LogP contribution in [0.25, 0.3) is 6.08 Å². The maximum atomic E-state index is 13.5. The van der Waals surface area contributed by atoms with Crippen molar-refractivity contribution < 1.29 is 9.59 Å². The van der Waals surface area contributed by atoms with Crippen LogP contribution in [0.15, 0.2) is 60.7 Å². The van der Waals surface area contributed by atoms with Gasteiger partial charge >= 0.3 is 0 Å². The van der Waals surface area contributed by atoms with E-state index in [9.17, 15) is 9.59 Å². The highest BCUT2D eigenvalue weighted by molar-refractivity contribution is 5.99. The van der Waals surface area contributed by atoms with Gasteiger partial charge in [0.15, 0.2) is 0 Å². The van der Waals surface area contributed by atoms with Crippen LogP contribution in [0.3, 0.4) is 0 Å². The van der Waals surface area contributed by atoms with Gasteiger partial charge < -0.3 is 9.80 Å². The summed E-state index contributed by atoms with van der Waals surface area (Å²) in [6.45, 7) is 4.87. The molecule has 1 saturated heterocycles. The molecule has 34 heavy (non-hydrogen) atoms. The summed E-state index contributed by atoms with van der Waals surface area (Å²) in [5.74, 6) is 0.324. The Bertz CT molecular complexity index is 1030. The molecule has 2 aliphatic heterocycles. The molecule has 0 unspecified atom stereocenters. The molecule has 2 aromatic carbocycles. The molecule has 1 aliphatic carbocycles. The number of piperazine rings is 1. The highest BCUT2D eigenvalue weighted by Gasteiger charge is 2.46. The predicted molar refractivity (Wildman–Crippen MR) is 135 cm³/mol. The Labute approximate surface area is 203 Å². The fourth-order valence-corrected chi connectivity index (χ4v) is 5.86. The highest BCUT2D eigenvalue weighted by Crippen LogP contribution is 2.41. The zero-order valence-electron chi connectivity index (χ0n) is 20.0. The average molecular weight is 458 g/mol. The zero-order chi connectivity index (χ0) is 23.4. The van der Waals surface area contributed by atoms with Crippen LogP contribution in [-0.4, -0.2) is 64.8 Å². The number of fused-ring (bicyclic) bond motifs is 1. The van der Waals surface area contributed by atoms with E-state index in [2.05, 4.69) is 47.4 Å². The second-order valence-electron chi connectivity index (χ2n) is 10.0. The Balaban J connectivity index is 1.19.